The number of ether oxygens (including phenoxy) is 3. The topological polar surface area (TPSA) is 65.0 Å². The fourth-order valence-electron chi connectivity index (χ4n) is 2.65. The third kappa shape index (κ3) is 3.81. The first kappa shape index (κ1) is 17.1. The van der Waals surface area contributed by atoms with Crippen molar-refractivity contribution in [2.24, 2.45) is 5.92 Å². The summed E-state index contributed by atoms with van der Waals surface area (Å²) in [6.07, 6.45) is 2.35. The van der Waals surface area contributed by atoms with Crippen LogP contribution in [0.25, 0.3) is 0 Å². The number of carbonyl (C=O) groups excluding carboxylic acids is 1. The molecule has 116 valence electrons. The number of methoxy groups -OCH3 is 2. The van der Waals surface area contributed by atoms with E-state index in [9.17, 15) is 9.90 Å². The first-order valence-corrected chi connectivity index (χ1v) is 7.03. The minimum Gasteiger partial charge on any atom is -0.469 e. The highest BCUT2D eigenvalue weighted by Gasteiger charge is 2.47. The molecule has 0 spiro atoms. The quantitative estimate of drug-likeness (QED) is 0.619. The summed E-state index contributed by atoms with van der Waals surface area (Å²) in [5.41, 5.74) is 1.05. The Morgan fingerprint density at radius 1 is 1.50 bits per heavy atom. The van der Waals surface area contributed by atoms with Crippen LogP contribution in [-0.4, -0.2) is 43.3 Å². The van der Waals surface area contributed by atoms with E-state index in [0.29, 0.717) is 0 Å². The monoisotopic (exact) mass is 286 g/mol. The Bertz CT molecular complexity index is 365. The third-order valence-electron chi connectivity index (χ3n) is 3.93. The number of carbonyl (C=O) groups is 1. The average molecular weight is 286 g/mol. The summed E-state index contributed by atoms with van der Waals surface area (Å²) in [7, 11) is 2.81. The van der Waals surface area contributed by atoms with Crippen molar-refractivity contribution in [1.82, 2.24) is 0 Å². The summed E-state index contributed by atoms with van der Waals surface area (Å²) >= 11 is 0. The van der Waals surface area contributed by atoms with Gasteiger partial charge in [0.2, 0.25) is 0 Å². The fraction of sp³-hybridized carbons (Fsp3) is 0.800. The number of esters is 1. The predicted molar refractivity (Wildman–Crippen MR) is 75.1 cm³/mol. The number of allylic oxidation sites excluding steroid dienone is 1. The Morgan fingerprint density at radius 3 is 2.65 bits per heavy atom. The van der Waals surface area contributed by atoms with Crippen LogP contribution < -0.4 is 0 Å². The van der Waals surface area contributed by atoms with Crippen LogP contribution in [0.4, 0.5) is 0 Å². The highest BCUT2D eigenvalue weighted by Crippen LogP contribution is 2.38. The van der Waals surface area contributed by atoms with Gasteiger partial charge in [0, 0.05) is 19.4 Å². The van der Waals surface area contributed by atoms with Crippen molar-refractivity contribution in [3.63, 3.8) is 0 Å². The lowest BCUT2D eigenvalue weighted by atomic mass is 9.84. The molecule has 1 aliphatic heterocycles. The molecule has 4 atom stereocenters. The van der Waals surface area contributed by atoms with Crippen LogP contribution in [0.5, 0.6) is 0 Å². The van der Waals surface area contributed by atoms with Gasteiger partial charge < -0.3 is 19.3 Å². The zero-order valence-electron chi connectivity index (χ0n) is 13.0. The molecule has 0 amide bonds. The molecule has 1 saturated heterocycles. The van der Waals surface area contributed by atoms with E-state index < -0.39 is 17.9 Å². The molecule has 5 nitrogen and oxygen atoms in total. The van der Waals surface area contributed by atoms with Crippen LogP contribution >= 0.6 is 0 Å². The summed E-state index contributed by atoms with van der Waals surface area (Å²) in [6, 6.07) is 0. The van der Waals surface area contributed by atoms with Crippen molar-refractivity contribution in [2.45, 2.75) is 58.0 Å². The Kier molecular flexibility index (Phi) is 6.17. The van der Waals surface area contributed by atoms with Crippen LogP contribution in [0, 0.1) is 5.92 Å². The second-order valence-corrected chi connectivity index (χ2v) is 5.39. The molecule has 20 heavy (non-hydrogen) atoms. The predicted octanol–water partition coefficient (Wildman–Crippen LogP) is 2.03. The van der Waals surface area contributed by atoms with Gasteiger partial charge in [-0.2, -0.15) is 0 Å². The van der Waals surface area contributed by atoms with Crippen molar-refractivity contribution >= 4 is 5.97 Å². The SMILES string of the molecule is CC/C=C(\C)[C@H]1O[C@](CC(=O)OC)(OC)C[C@H](O)[C@@H]1C. The molecule has 1 N–H and O–H groups in total. The van der Waals surface area contributed by atoms with E-state index in [1.54, 1.807) is 0 Å². The maximum absolute atomic E-state index is 11.6. The zero-order chi connectivity index (χ0) is 15.3. The van der Waals surface area contributed by atoms with Gasteiger partial charge in [-0.1, -0.05) is 19.9 Å². The molecule has 0 bridgehead atoms. The lowest BCUT2D eigenvalue weighted by Gasteiger charge is -2.45. The van der Waals surface area contributed by atoms with Gasteiger partial charge in [-0.25, -0.2) is 0 Å². The molecule has 1 rings (SSSR count). The van der Waals surface area contributed by atoms with E-state index >= 15 is 0 Å². The van der Waals surface area contributed by atoms with E-state index in [2.05, 4.69) is 10.8 Å². The average Bonchev–Trinajstić information content (AvgIpc) is 2.42. The minimum atomic E-state index is -1.12. The molecule has 0 radical (unpaired) electrons. The molecule has 0 aromatic carbocycles. The van der Waals surface area contributed by atoms with Crippen molar-refractivity contribution < 1.29 is 24.1 Å². The Hall–Kier alpha value is -0.910. The van der Waals surface area contributed by atoms with Crippen LogP contribution in [0.15, 0.2) is 11.6 Å². The smallest absolute Gasteiger partial charge is 0.310 e. The lowest BCUT2D eigenvalue weighted by Crippen LogP contribution is -2.53. The summed E-state index contributed by atoms with van der Waals surface area (Å²) in [5.74, 6) is -1.57. The summed E-state index contributed by atoms with van der Waals surface area (Å²) in [6.45, 7) is 5.97. The molecule has 1 heterocycles. The van der Waals surface area contributed by atoms with E-state index in [1.807, 2.05) is 20.8 Å². The summed E-state index contributed by atoms with van der Waals surface area (Å²) < 4.78 is 16.1. The zero-order valence-corrected chi connectivity index (χ0v) is 13.0. The molecule has 5 heteroatoms. The van der Waals surface area contributed by atoms with E-state index in [4.69, 9.17) is 9.47 Å². The van der Waals surface area contributed by atoms with Gasteiger partial charge in [-0.3, -0.25) is 4.79 Å². The third-order valence-corrected chi connectivity index (χ3v) is 3.93. The summed E-state index contributed by atoms with van der Waals surface area (Å²) in [4.78, 5) is 11.6. The minimum absolute atomic E-state index is 0.0281. The van der Waals surface area contributed by atoms with E-state index in [1.165, 1.54) is 14.2 Å². The van der Waals surface area contributed by atoms with Gasteiger partial charge in [0.05, 0.1) is 25.7 Å². The van der Waals surface area contributed by atoms with E-state index in [-0.39, 0.29) is 24.9 Å². The highest BCUT2D eigenvalue weighted by atomic mass is 16.7. The largest absolute Gasteiger partial charge is 0.469 e. The number of rotatable bonds is 5. The lowest BCUT2D eigenvalue weighted by molar-refractivity contribution is -0.293. The Labute approximate surface area is 120 Å². The van der Waals surface area contributed by atoms with Crippen molar-refractivity contribution in [3.05, 3.63) is 11.6 Å². The molecule has 0 aromatic heterocycles. The maximum Gasteiger partial charge on any atom is 0.310 e. The first-order valence-electron chi connectivity index (χ1n) is 7.03. The number of hydrogen-bond acceptors (Lipinski definition) is 5. The molecule has 0 saturated carbocycles. The van der Waals surface area contributed by atoms with Crippen LogP contribution in [0.3, 0.4) is 0 Å². The second kappa shape index (κ2) is 7.20. The van der Waals surface area contributed by atoms with Crippen molar-refractivity contribution in [1.29, 1.82) is 0 Å². The molecule has 0 aromatic rings. The number of hydrogen-bond donors (Lipinski definition) is 1. The van der Waals surface area contributed by atoms with Gasteiger partial charge in [0.15, 0.2) is 5.79 Å². The van der Waals surface area contributed by atoms with Gasteiger partial charge in [-0.15, -0.1) is 0 Å². The van der Waals surface area contributed by atoms with Gasteiger partial charge in [-0.05, 0) is 18.9 Å². The maximum atomic E-state index is 11.6. The van der Waals surface area contributed by atoms with Gasteiger partial charge >= 0.3 is 5.97 Å². The van der Waals surface area contributed by atoms with Crippen molar-refractivity contribution in [2.75, 3.05) is 14.2 Å². The first-order chi connectivity index (χ1) is 9.39. The van der Waals surface area contributed by atoms with Crippen LogP contribution in [0.2, 0.25) is 0 Å². The molecule has 0 aliphatic carbocycles. The van der Waals surface area contributed by atoms with Crippen molar-refractivity contribution in [3.8, 4) is 0 Å². The standard InChI is InChI=1S/C15H26O5/c1-6-7-10(2)14-11(3)12(16)8-15(19-5,20-14)9-13(17)18-4/h7,11-12,14,16H,6,8-9H2,1-5H3/b10-7+/t11-,12-,14+,15+/m0/s1. The normalized spacial score (nSPS) is 34.9. The molecule has 1 fully saturated rings. The highest BCUT2D eigenvalue weighted by molar-refractivity contribution is 5.70. The molecular formula is C15H26O5. The van der Waals surface area contributed by atoms with Gasteiger partial charge in [0.1, 0.15) is 0 Å². The molecule has 1 aliphatic rings. The molecule has 0 unspecified atom stereocenters. The Balaban J connectivity index is 2.98. The number of aliphatic hydroxyl groups excluding tert-OH is 1. The number of aliphatic hydroxyl groups is 1. The van der Waals surface area contributed by atoms with Crippen LogP contribution in [0.1, 0.15) is 40.0 Å². The van der Waals surface area contributed by atoms with Crippen LogP contribution in [-0.2, 0) is 19.0 Å². The molecular weight excluding hydrogens is 260 g/mol. The Morgan fingerprint density at radius 2 is 2.15 bits per heavy atom. The fourth-order valence-corrected chi connectivity index (χ4v) is 2.65. The second-order valence-electron chi connectivity index (χ2n) is 5.39. The van der Waals surface area contributed by atoms with Gasteiger partial charge in [0.25, 0.3) is 0 Å². The summed E-state index contributed by atoms with van der Waals surface area (Å²) in [5, 5.41) is 10.3. The van der Waals surface area contributed by atoms with E-state index in [0.717, 1.165) is 12.0 Å².